The molecule has 3 aliphatic rings. The van der Waals surface area contributed by atoms with E-state index in [1.54, 1.807) is 0 Å². The Balaban J connectivity index is 1.18. The molecule has 0 aromatic heterocycles. The summed E-state index contributed by atoms with van der Waals surface area (Å²) in [6.45, 7) is 7.08. The summed E-state index contributed by atoms with van der Waals surface area (Å²) in [5, 5.41) is 0. The molecule has 0 radical (unpaired) electrons. The molecule has 0 atom stereocenters. The van der Waals surface area contributed by atoms with Crippen LogP contribution in [0.3, 0.4) is 0 Å². The molecule has 8 aromatic carbocycles. The smallest absolute Gasteiger partial charge is 0.0622 e. The van der Waals surface area contributed by atoms with Gasteiger partial charge in [0.25, 0.3) is 0 Å². The summed E-state index contributed by atoms with van der Waals surface area (Å²) in [4.78, 5) is 0. The Kier molecular flexibility index (Phi) is 6.46. The highest BCUT2D eigenvalue weighted by molar-refractivity contribution is 5.93. The molecule has 3 aliphatic carbocycles. The second-order valence-electron chi connectivity index (χ2n) is 16.0. The van der Waals surface area contributed by atoms with E-state index in [-0.39, 0.29) is 5.41 Å². The standard InChI is InChI=1S/C54H40/c1-35-17-16-28-49-51(35)42-33-36(30-32-44(42)54(49)47-26-14-12-24-45(47)52(2,3)46-25-13-15-27-48(46)54)37-29-31-41-40-22-10-11-23-43(40)53(50(41)34-37,38-18-6-4-7-19-38)39-20-8-5-9-21-39/h4-34H,1-3H3. The molecule has 0 heteroatoms. The third kappa shape index (κ3) is 3.83. The van der Waals surface area contributed by atoms with Gasteiger partial charge in [0.1, 0.15) is 0 Å². The van der Waals surface area contributed by atoms with Gasteiger partial charge in [0, 0.05) is 5.41 Å². The van der Waals surface area contributed by atoms with Crippen LogP contribution in [0.15, 0.2) is 188 Å². The van der Waals surface area contributed by atoms with Gasteiger partial charge in [-0.05, 0) is 114 Å². The van der Waals surface area contributed by atoms with E-state index in [4.69, 9.17) is 0 Å². The molecule has 256 valence electrons. The van der Waals surface area contributed by atoms with Gasteiger partial charge in [0.15, 0.2) is 0 Å². The largest absolute Gasteiger partial charge is 0.0719 e. The van der Waals surface area contributed by atoms with Crippen molar-refractivity contribution in [2.75, 3.05) is 0 Å². The molecular weight excluding hydrogens is 649 g/mol. The summed E-state index contributed by atoms with van der Waals surface area (Å²) in [6, 6.07) is 71.2. The van der Waals surface area contributed by atoms with E-state index in [0.717, 1.165) is 0 Å². The van der Waals surface area contributed by atoms with Gasteiger partial charge in [-0.25, -0.2) is 0 Å². The van der Waals surface area contributed by atoms with Crippen LogP contribution in [0.5, 0.6) is 0 Å². The third-order valence-corrected chi connectivity index (χ3v) is 13.2. The molecule has 0 saturated heterocycles. The van der Waals surface area contributed by atoms with Crippen molar-refractivity contribution >= 4 is 0 Å². The lowest BCUT2D eigenvalue weighted by Crippen LogP contribution is -2.40. The first-order chi connectivity index (χ1) is 26.5. The van der Waals surface area contributed by atoms with Crippen LogP contribution in [0.2, 0.25) is 0 Å². The van der Waals surface area contributed by atoms with Gasteiger partial charge in [-0.2, -0.15) is 0 Å². The lowest BCUT2D eigenvalue weighted by Gasteiger charge is -2.46. The summed E-state index contributed by atoms with van der Waals surface area (Å²) in [7, 11) is 0. The highest BCUT2D eigenvalue weighted by atomic mass is 14.5. The van der Waals surface area contributed by atoms with Crippen LogP contribution in [-0.2, 0) is 16.2 Å². The Hall–Kier alpha value is -6.24. The van der Waals surface area contributed by atoms with Crippen LogP contribution >= 0.6 is 0 Å². The Morgan fingerprint density at radius 2 is 0.796 bits per heavy atom. The molecule has 0 unspecified atom stereocenters. The first-order valence-electron chi connectivity index (χ1n) is 19.3. The molecule has 1 spiro atoms. The maximum Gasteiger partial charge on any atom is 0.0719 e. The minimum atomic E-state index is -0.434. The number of rotatable bonds is 3. The molecule has 54 heavy (non-hydrogen) atoms. The molecule has 0 nitrogen and oxygen atoms in total. The molecule has 0 saturated carbocycles. The van der Waals surface area contributed by atoms with Crippen LogP contribution < -0.4 is 0 Å². The van der Waals surface area contributed by atoms with E-state index < -0.39 is 10.8 Å². The number of hydrogen-bond donors (Lipinski definition) is 0. The summed E-state index contributed by atoms with van der Waals surface area (Å²) >= 11 is 0. The Morgan fingerprint density at radius 3 is 1.44 bits per heavy atom. The van der Waals surface area contributed by atoms with Crippen LogP contribution in [0.4, 0.5) is 0 Å². The highest BCUT2D eigenvalue weighted by Crippen LogP contribution is 2.63. The molecular formula is C54H40. The summed E-state index contributed by atoms with van der Waals surface area (Å²) < 4.78 is 0. The topological polar surface area (TPSA) is 0 Å². The van der Waals surface area contributed by atoms with Crippen molar-refractivity contribution < 1.29 is 0 Å². The Labute approximate surface area is 318 Å². The first-order valence-corrected chi connectivity index (χ1v) is 19.3. The van der Waals surface area contributed by atoms with Crippen LogP contribution in [0.1, 0.15) is 75.0 Å². The molecule has 0 bridgehead atoms. The van der Waals surface area contributed by atoms with Gasteiger partial charge in [-0.3, -0.25) is 0 Å². The molecule has 0 amide bonds. The van der Waals surface area contributed by atoms with Crippen molar-refractivity contribution in [3.63, 3.8) is 0 Å². The van der Waals surface area contributed by atoms with Gasteiger partial charge in [-0.1, -0.05) is 190 Å². The first kappa shape index (κ1) is 31.3. The fraction of sp³-hybridized carbons (Fsp3) is 0.111. The predicted octanol–water partition coefficient (Wildman–Crippen LogP) is 13.0. The number of aryl methyl sites for hydroxylation is 1. The van der Waals surface area contributed by atoms with Gasteiger partial charge in [0.2, 0.25) is 0 Å². The van der Waals surface area contributed by atoms with Crippen LogP contribution in [0, 0.1) is 6.92 Å². The van der Waals surface area contributed by atoms with Gasteiger partial charge in [-0.15, -0.1) is 0 Å². The molecule has 0 heterocycles. The second-order valence-corrected chi connectivity index (χ2v) is 16.0. The Morgan fingerprint density at radius 1 is 0.315 bits per heavy atom. The van der Waals surface area contributed by atoms with E-state index >= 15 is 0 Å². The molecule has 0 aliphatic heterocycles. The van der Waals surface area contributed by atoms with Crippen LogP contribution in [-0.4, -0.2) is 0 Å². The fourth-order valence-electron chi connectivity index (χ4n) is 10.9. The van der Waals surface area contributed by atoms with Gasteiger partial charge >= 0.3 is 0 Å². The lowest BCUT2D eigenvalue weighted by molar-refractivity contribution is 0.563. The van der Waals surface area contributed by atoms with E-state index in [9.17, 15) is 0 Å². The van der Waals surface area contributed by atoms with E-state index in [1.807, 2.05) is 0 Å². The minimum absolute atomic E-state index is 0.114. The third-order valence-electron chi connectivity index (χ3n) is 13.2. The lowest BCUT2D eigenvalue weighted by atomic mass is 9.55. The zero-order valence-electron chi connectivity index (χ0n) is 30.9. The normalized spacial score (nSPS) is 15.8. The average molecular weight is 689 g/mol. The summed E-state index contributed by atoms with van der Waals surface area (Å²) in [6.07, 6.45) is 0. The highest BCUT2D eigenvalue weighted by Gasteiger charge is 2.53. The zero-order chi connectivity index (χ0) is 36.2. The molecule has 0 fully saturated rings. The maximum absolute atomic E-state index is 2.50. The predicted molar refractivity (Wildman–Crippen MR) is 223 cm³/mol. The van der Waals surface area contributed by atoms with Crippen molar-refractivity contribution in [3.05, 3.63) is 249 Å². The zero-order valence-corrected chi connectivity index (χ0v) is 30.9. The maximum atomic E-state index is 2.50. The SMILES string of the molecule is Cc1cccc2c1-c1cc(-c3ccc4c(c3)C(c3ccccc3)(c3ccccc3)c3ccccc3-4)ccc1C21c2ccccc2C(C)(C)c2ccccc21. The quantitative estimate of drug-likeness (QED) is 0.173. The van der Waals surface area contributed by atoms with Crippen molar-refractivity contribution in [1.82, 2.24) is 0 Å². The van der Waals surface area contributed by atoms with Crippen molar-refractivity contribution in [2.45, 2.75) is 37.0 Å². The molecule has 8 aromatic rings. The van der Waals surface area contributed by atoms with Crippen LogP contribution in [0.25, 0.3) is 33.4 Å². The summed E-state index contributed by atoms with van der Waals surface area (Å²) in [5.41, 5.74) is 21.8. The molecule has 0 N–H and O–H groups in total. The molecule has 11 rings (SSSR count). The van der Waals surface area contributed by atoms with Crippen molar-refractivity contribution in [1.29, 1.82) is 0 Å². The van der Waals surface area contributed by atoms with Gasteiger partial charge < -0.3 is 0 Å². The number of hydrogen-bond acceptors (Lipinski definition) is 0. The van der Waals surface area contributed by atoms with E-state index in [0.29, 0.717) is 0 Å². The van der Waals surface area contributed by atoms with Gasteiger partial charge in [0.05, 0.1) is 10.8 Å². The van der Waals surface area contributed by atoms with E-state index in [2.05, 4.69) is 209 Å². The van der Waals surface area contributed by atoms with Crippen molar-refractivity contribution in [3.8, 4) is 33.4 Å². The van der Waals surface area contributed by atoms with Crippen molar-refractivity contribution in [2.24, 2.45) is 0 Å². The fourth-order valence-corrected chi connectivity index (χ4v) is 10.9. The number of benzene rings is 8. The Bertz CT molecular complexity index is 2710. The second kappa shape index (κ2) is 11.1. The number of fused-ring (bicyclic) bond motifs is 12. The monoisotopic (exact) mass is 688 g/mol. The average Bonchev–Trinajstić information content (AvgIpc) is 3.69. The van der Waals surface area contributed by atoms with E-state index in [1.165, 1.54) is 94.6 Å². The minimum Gasteiger partial charge on any atom is -0.0622 e. The summed E-state index contributed by atoms with van der Waals surface area (Å²) in [5.74, 6) is 0.